The Balaban J connectivity index is 2.47. The number of nitrogens with one attached hydrogen (secondary N) is 1. The maximum atomic E-state index is 13.1. The maximum absolute atomic E-state index is 13.1. The molecule has 21 heavy (non-hydrogen) atoms. The van der Waals surface area contributed by atoms with Crippen LogP contribution < -0.4 is 10.5 Å². The molecule has 2 aromatic carbocycles. The summed E-state index contributed by atoms with van der Waals surface area (Å²) in [5, 5.41) is 0.352. The summed E-state index contributed by atoms with van der Waals surface area (Å²) in [6, 6.07) is 6.29. The molecule has 0 aromatic heterocycles. The molecule has 0 aliphatic heterocycles. The molecular weight excluding hydrogens is 338 g/mol. The molecular formula is C13H11Cl2FN2O2S. The maximum Gasteiger partial charge on any atom is 0.262 e. The van der Waals surface area contributed by atoms with Gasteiger partial charge in [0.15, 0.2) is 0 Å². The lowest BCUT2D eigenvalue weighted by Crippen LogP contribution is -2.14. The molecule has 0 fully saturated rings. The molecule has 2 rings (SSSR count). The quantitative estimate of drug-likeness (QED) is 0.828. The molecule has 3 N–H and O–H groups in total. The summed E-state index contributed by atoms with van der Waals surface area (Å²) >= 11 is 12.0. The second-order valence-electron chi connectivity index (χ2n) is 4.34. The van der Waals surface area contributed by atoms with E-state index in [1.807, 2.05) is 0 Å². The van der Waals surface area contributed by atoms with Crippen LogP contribution in [-0.2, 0) is 10.0 Å². The smallest absolute Gasteiger partial charge is 0.262 e. The Morgan fingerprint density at radius 2 is 1.86 bits per heavy atom. The van der Waals surface area contributed by atoms with E-state index >= 15 is 0 Å². The van der Waals surface area contributed by atoms with Crippen molar-refractivity contribution in [3.8, 4) is 0 Å². The van der Waals surface area contributed by atoms with Gasteiger partial charge in [0.25, 0.3) is 10.0 Å². The number of anilines is 2. The van der Waals surface area contributed by atoms with E-state index in [1.54, 1.807) is 13.0 Å². The number of nitrogen functional groups attached to an aromatic ring is 1. The van der Waals surface area contributed by atoms with E-state index in [4.69, 9.17) is 28.9 Å². The highest BCUT2D eigenvalue weighted by Gasteiger charge is 2.19. The molecule has 0 bridgehead atoms. The van der Waals surface area contributed by atoms with Gasteiger partial charge in [-0.15, -0.1) is 0 Å². The first-order valence-corrected chi connectivity index (χ1v) is 7.99. The molecule has 0 radical (unpaired) electrons. The third-order valence-electron chi connectivity index (χ3n) is 2.80. The molecule has 0 amide bonds. The van der Waals surface area contributed by atoms with Crippen molar-refractivity contribution in [2.45, 2.75) is 11.8 Å². The van der Waals surface area contributed by atoms with Crippen LogP contribution >= 0.6 is 23.2 Å². The topological polar surface area (TPSA) is 72.2 Å². The third-order valence-corrected chi connectivity index (χ3v) is 4.95. The number of hydrogen-bond acceptors (Lipinski definition) is 3. The van der Waals surface area contributed by atoms with Crippen molar-refractivity contribution in [1.82, 2.24) is 0 Å². The molecule has 0 spiro atoms. The van der Waals surface area contributed by atoms with Crippen molar-refractivity contribution in [2.24, 2.45) is 0 Å². The summed E-state index contributed by atoms with van der Waals surface area (Å²) in [4.78, 5) is -0.185. The number of nitrogens with two attached hydrogens (primary N) is 1. The summed E-state index contributed by atoms with van der Waals surface area (Å²) in [6.07, 6.45) is 0. The molecule has 0 heterocycles. The molecule has 112 valence electrons. The predicted molar refractivity (Wildman–Crippen MR) is 82.8 cm³/mol. The van der Waals surface area contributed by atoms with Gasteiger partial charge in [0.05, 0.1) is 26.3 Å². The van der Waals surface area contributed by atoms with Gasteiger partial charge in [-0.2, -0.15) is 0 Å². The van der Waals surface area contributed by atoms with Gasteiger partial charge in [0, 0.05) is 0 Å². The highest BCUT2D eigenvalue weighted by molar-refractivity contribution is 7.92. The van der Waals surface area contributed by atoms with E-state index in [1.165, 1.54) is 6.07 Å². The Hall–Kier alpha value is -1.50. The summed E-state index contributed by atoms with van der Waals surface area (Å²) in [6.45, 7) is 1.71. The monoisotopic (exact) mass is 348 g/mol. The number of rotatable bonds is 3. The molecule has 0 saturated heterocycles. The first-order valence-electron chi connectivity index (χ1n) is 5.75. The van der Waals surface area contributed by atoms with Gasteiger partial charge in [-0.3, -0.25) is 4.72 Å². The van der Waals surface area contributed by atoms with Crippen LogP contribution in [0.15, 0.2) is 35.2 Å². The Labute approximate surface area is 131 Å². The van der Waals surface area contributed by atoms with Crippen molar-refractivity contribution >= 4 is 44.6 Å². The van der Waals surface area contributed by atoms with Crippen molar-refractivity contribution in [3.05, 3.63) is 51.8 Å². The van der Waals surface area contributed by atoms with Gasteiger partial charge in [0.1, 0.15) is 5.82 Å². The Morgan fingerprint density at radius 3 is 2.48 bits per heavy atom. The van der Waals surface area contributed by atoms with Gasteiger partial charge >= 0.3 is 0 Å². The SMILES string of the molecule is Cc1ccc(Cl)c(NS(=O)(=O)c2ccc(F)c(N)c2)c1Cl. The second-order valence-corrected chi connectivity index (χ2v) is 6.81. The number of hydrogen-bond donors (Lipinski definition) is 2. The molecule has 2 aromatic rings. The van der Waals surface area contributed by atoms with E-state index in [-0.39, 0.29) is 26.3 Å². The average molecular weight is 349 g/mol. The van der Waals surface area contributed by atoms with Crippen molar-refractivity contribution in [1.29, 1.82) is 0 Å². The van der Waals surface area contributed by atoms with Gasteiger partial charge < -0.3 is 5.73 Å². The van der Waals surface area contributed by atoms with E-state index in [9.17, 15) is 12.8 Å². The first kappa shape index (κ1) is 15.9. The van der Waals surface area contributed by atoms with Gasteiger partial charge in [-0.25, -0.2) is 12.8 Å². The Kier molecular flexibility index (Phi) is 4.32. The molecule has 0 atom stereocenters. The fourth-order valence-electron chi connectivity index (χ4n) is 1.63. The fraction of sp³-hybridized carbons (Fsp3) is 0.0769. The van der Waals surface area contributed by atoms with Crippen molar-refractivity contribution < 1.29 is 12.8 Å². The fourth-order valence-corrected chi connectivity index (χ4v) is 3.34. The van der Waals surface area contributed by atoms with Crippen molar-refractivity contribution in [2.75, 3.05) is 10.5 Å². The predicted octanol–water partition coefficient (Wildman–Crippen LogP) is 3.82. The average Bonchev–Trinajstić information content (AvgIpc) is 2.42. The summed E-state index contributed by atoms with van der Waals surface area (Å²) in [5.41, 5.74) is 5.85. The van der Waals surface area contributed by atoms with Crippen LogP contribution in [0.3, 0.4) is 0 Å². The van der Waals surface area contributed by atoms with Crippen LogP contribution in [0, 0.1) is 12.7 Å². The number of halogens is 3. The molecule has 0 saturated carbocycles. The van der Waals surface area contributed by atoms with Crippen LogP contribution in [0.5, 0.6) is 0 Å². The molecule has 8 heteroatoms. The largest absolute Gasteiger partial charge is 0.396 e. The molecule has 0 aliphatic carbocycles. The Morgan fingerprint density at radius 1 is 1.19 bits per heavy atom. The van der Waals surface area contributed by atoms with E-state index < -0.39 is 15.8 Å². The minimum atomic E-state index is -3.98. The zero-order chi connectivity index (χ0) is 15.8. The van der Waals surface area contributed by atoms with Crippen LogP contribution in [0.2, 0.25) is 10.0 Å². The van der Waals surface area contributed by atoms with Gasteiger partial charge in [-0.1, -0.05) is 29.3 Å². The standard InChI is InChI=1S/C13H11Cl2FN2O2S/c1-7-2-4-9(14)13(12(7)15)18-21(19,20)8-3-5-10(16)11(17)6-8/h2-6,18H,17H2,1H3. The third kappa shape index (κ3) is 3.23. The number of sulfonamides is 1. The zero-order valence-electron chi connectivity index (χ0n) is 10.8. The summed E-state index contributed by atoms with van der Waals surface area (Å²) in [5.74, 6) is -0.694. The lowest BCUT2D eigenvalue weighted by molar-refractivity contribution is 0.600. The second kappa shape index (κ2) is 5.71. The zero-order valence-corrected chi connectivity index (χ0v) is 13.2. The number of aryl methyl sites for hydroxylation is 1. The van der Waals surface area contributed by atoms with E-state index in [0.29, 0.717) is 5.56 Å². The normalized spacial score (nSPS) is 11.4. The summed E-state index contributed by atoms with van der Waals surface area (Å²) < 4.78 is 40.0. The highest BCUT2D eigenvalue weighted by Crippen LogP contribution is 2.34. The first-order chi connectivity index (χ1) is 9.72. The van der Waals surface area contributed by atoms with Crippen LogP contribution in [-0.4, -0.2) is 8.42 Å². The van der Waals surface area contributed by atoms with E-state index in [2.05, 4.69) is 4.72 Å². The van der Waals surface area contributed by atoms with Crippen LogP contribution in [0.1, 0.15) is 5.56 Å². The Bertz CT molecular complexity index is 810. The van der Waals surface area contributed by atoms with Gasteiger partial charge in [-0.05, 0) is 36.8 Å². The lowest BCUT2D eigenvalue weighted by atomic mass is 10.2. The lowest BCUT2D eigenvalue weighted by Gasteiger charge is -2.13. The van der Waals surface area contributed by atoms with Crippen molar-refractivity contribution in [3.63, 3.8) is 0 Å². The number of benzene rings is 2. The minimum absolute atomic E-state index is 0.0706. The van der Waals surface area contributed by atoms with E-state index in [0.717, 1.165) is 18.2 Å². The molecule has 0 unspecified atom stereocenters. The summed E-state index contributed by atoms with van der Waals surface area (Å²) in [7, 11) is -3.98. The molecule has 0 aliphatic rings. The van der Waals surface area contributed by atoms with Crippen LogP contribution in [0.4, 0.5) is 15.8 Å². The molecule has 4 nitrogen and oxygen atoms in total. The van der Waals surface area contributed by atoms with Crippen LogP contribution in [0.25, 0.3) is 0 Å². The minimum Gasteiger partial charge on any atom is -0.396 e. The highest BCUT2D eigenvalue weighted by atomic mass is 35.5. The van der Waals surface area contributed by atoms with Gasteiger partial charge in [0.2, 0.25) is 0 Å².